The SMILES string of the molecule is CC(=O)N[C@@H]1c2cccc(F)c2[C@@H]2CN(C)C[C@H]12. The lowest BCUT2D eigenvalue weighted by atomic mass is 9.94. The molecule has 1 aromatic rings. The Morgan fingerprint density at radius 1 is 1.44 bits per heavy atom. The second-order valence-corrected chi connectivity index (χ2v) is 5.41. The number of rotatable bonds is 1. The molecule has 1 aliphatic carbocycles. The van der Waals surface area contributed by atoms with Crippen molar-refractivity contribution in [2.45, 2.75) is 18.9 Å². The van der Waals surface area contributed by atoms with Gasteiger partial charge in [-0.15, -0.1) is 0 Å². The Bertz CT molecular complexity index is 503. The Kier molecular flexibility index (Phi) is 2.63. The number of benzene rings is 1. The number of amides is 1. The van der Waals surface area contributed by atoms with Gasteiger partial charge in [0.2, 0.25) is 5.91 Å². The highest BCUT2D eigenvalue weighted by Gasteiger charge is 2.46. The van der Waals surface area contributed by atoms with E-state index < -0.39 is 0 Å². The van der Waals surface area contributed by atoms with Crippen LogP contribution in [0.25, 0.3) is 0 Å². The fourth-order valence-corrected chi connectivity index (χ4v) is 3.53. The van der Waals surface area contributed by atoms with E-state index in [4.69, 9.17) is 0 Å². The molecular weight excluding hydrogens is 231 g/mol. The van der Waals surface area contributed by atoms with Crippen LogP contribution in [-0.2, 0) is 4.79 Å². The van der Waals surface area contributed by atoms with Crippen molar-refractivity contribution in [1.82, 2.24) is 10.2 Å². The van der Waals surface area contributed by atoms with Gasteiger partial charge >= 0.3 is 0 Å². The molecule has 1 fully saturated rings. The highest BCUT2D eigenvalue weighted by atomic mass is 19.1. The van der Waals surface area contributed by atoms with Crippen LogP contribution in [0.15, 0.2) is 18.2 Å². The first-order valence-corrected chi connectivity index (χ1v) is 6.32. The second-order valence-electron chi connectivity index (χ2n) is 5.41. The van der Waals surface area contributed by atoms with Gasteiger partial charge in [-0.3, -0.25) is 4.79 Å². The molecule has 0 radical (unpaired) electrons. The molecule has 4 heteroatoms. The molecule has 1 heterocycles. The third-order valence-corrected chi connectivity index (χ3v) is 4.13. The molecule has 0 saturated carbocycles. The minimum atomic E-state index is -0.134. The van der Waals surface area contributed by atoms with E-state index in [1.807, 2.05) is 13.1 Å². The normalized spacial score (nSPS) is 30.1. The molecular formula is C14H17FN2O. The highest BCUT2D eigenvalue weighted by molar-refractivity contribution is 5.74. The van der Waals surface area contributed by atoms with Gasteiger partial charge < -0.3 is 10.2 Å². The Hall–Kier alpha value is -1.42. The van der Waals surface area contributed by atoms with E-state index in [1.165, 1.54) is 13.0 Å². The molecule has 3 nitrogen and oxygen atoms in total. The molecule has 96 valence electrons. The smallest absolute Gasteiger partial charge is 0.217 e. The first kappa shape index (κ1) is 11.7. The van der Waals surface area contributed by atoms with E-state index in [0.717, 1.165) is 24.2 Å². The number of hydrogen-bond acceptors (Lipinski definition) is 2. The lowest BCUT2D eigenvalue weighted by Crippen LogP contribution is -2.31. The third-order valence-electron chi connectivity index (χ3n) is 4.13. The summed E-state index contributed by atoms with van der Waals surface area (Å²) in [4.78, 5) is 13.6. The lowest BCUT2D eigenvalue weighted by molar-refractivity contribution is -0.120. The zero-order chi connectivity index (χ0) is 12.9. The van der Waals surface area contributed by atoms with Crippen molar-refractivity contribution in [3.05, 3.63) is 35.1 Å². The Morgan fingerprint density at radius 3 is 2.94 bits per heavy atom. The van der Waals surface area contributed by atoms with Crippen molar-refractivity contribution in [1.29, 1.82) is 0 Å². The summed E-state index contributed by atoms with van der Waals surface area (Å²) < 4.78 is 14.0. The van der Waals surface area contributed by atoms with Gasteiger partial charge in [-0.05, 0) is 24.2 Å². The standard InChI is InChI=1S/C14H17FN2O/c1-8(18)16-14-9-4-3-5-12(15)13(9)10-6-17(2)7-11(10)14/h3-5,10-11,14H,6-7H2,1-2H3,(H,16,18)/t10-,11+,14-/m1/s1. The maximum absolute atomic E-state index is 14.0. The van der Waals surface area contributed by atoms with E-state index in [9.17, 15) is 9.18 Å². The molecule has 1 amide bonds. The zero-order valence-corrected chi connectivity index (χ0v) is 10.6. The molecule has 3 atom stereocenters. The summed E-state index contributed by atoms with van der Waals surface area (Å²) in [7, 11) is 2.05. The molecule has 0 bridgehead atoms. The number of halogens is 1. The van der Waals surface area contributed by atoms with Gasteiger partial charge in [-0.25, -0.2) is 4.39 Å². The fourth-order valence-electron chi connectivity index (χ4n) is 3.53. The Balaban J connectivity index is 2.06. The van der Waals surface area contributed by atoms with Crippen LogP contribution in [0.3, 0.4) is 0 Å². The van der Waals surface area contributed by atoms with Crippen LogP contribution < -0.4 is 5.32 Å². The first-order chi connectivity index (χ1) is 8.58. The quantitative estimate of drug-likeness (QED) is 0.820. The van der Waals surface area contributed by atoms with Gasteiger partial charge in [0.25, 0.3) is 0 Å². The van der Waals surface area contributed by atoms with E-state index >= 15 is 0 Å². The van der Waals surface area contributed by atoms with Crippen LogP contribution in [0, 0.1) is 11.7 Å². The molecule has 1 saturated heterocycles. The number of carbonyl (C=O) groups excluding carboxylic acids is 1. The number of likely N-dealkylation sites (tertiary alicyclic amines) is 1. The van der Waals surface area contributed by atoms with Crippen molar-refractivity contribution in [2.75, 3.05) is 20.1 Å². The van der Waals surface area contributed by atoms with Crippen LogP contribution in [0.1, 0.15) is 30.0 Å². The van der Waals surface area contributed by atoms with Crippen molar-refractivity contribution >= 4 is 5.91 Å². The number of nitrogens with one attached hydrogen (secondary N) is 1. The molecule has 1 aliphatic heterocycles. The average molecular weight is 248 g/mol. The summed E-state index contributed by atoms with van der Waals surface area (Å²) in [6, 6.07) is 5.15. The van der Waals surface area contributed by atoms with Gasteiger partial charge in [-0.1, -0.05) is 12.1 Å². The second kappa shape index (κ2) is 4.05. The predicted molar refractivity (Wildman–Crippen MR) is 66.7 cm³/mol. The van der Waals surface area contributed by atoms with Crippen molar-refractivity contribution in [2.24, 2.45) is 5.92 Å². The molecule has 3 rings (SSSR count). The van der Waals surface area contributed by atoms with Crippen LogP contribution in [-0.4, -0.2) is 30.9 Å². The van der Waals surface area contributed by atoms with E-state index in [2.05, 4.69) is 10.2 Å². The molecule has 1 N–H and O–H groups in total. The summed E-state index contributed by atoms with van der Waals surface area (Å²) in [5.41, 5.74) is 1.78. The molecule has 2 aliphatic rings. The van der Waals surface area contributed by atoms with Gasteiger partial charge in [0.05, 0.1) is 6.04 Å². The van der Waals surface area contributed by atoms with Crippen LogP contribution >= 0.6 is 0 Å². The minimum absolute atomic E-state index is 0.0388. The van der Waals surface area contributed by atoms with Crippen LogP contribution in [0.2, 0.25) is 0 Å². The summed E-state index contributed by atoms with van der Waals surface area (Å²) in [6.45, 7) is 3.30. The summed E-state index contributed by atoms with van der Waals surface area (Å²) in [5, 5.41) is 2.98. The highest BCUT2D eigenvalue weighted by Crippen LogP contribution is 2.49. The summed E-state index contributed by atoms with van der Waals surface area (Å²) >= 11 is 0. The minimum Gasteiger partial charge on any atom is -0.349 e. The maximum Gasteiger partial charge on any atom is 0.217 e. The van der Waals surface area contributed by atoms with Crippen molar-refractivity contribution in [3.63, 3.8) is 0 Å². The largest absolute Gasteiger partial charge is 0.349 e. The number of likely N-dealkylation sites (N-methyl/N-ethyl adjacent to an activating group) is 1. The van der Waals surface area contributed by atoms with Gasteiger partial charge in [0, 0.05) is 31.8 Å². The Morgan fingerprint density at radius 2 is 2.22 bits per heavy atom. The first-order valence-electron chi connectivity index (χ1n) is 6.32. The zero-order valence-electron chi connectivity index (χ0n) is 10.6. The monoisotopic (exact) mass is 248 g/mol. The number of nitrogens with zero attached hydrogens (tertiary/aromatic N) is 1. The van der Waals surface area contributed by atoms with Gasteiger partial charge in [0.15, 0.2) is 0 Å². The van der Waals surface area contributed by atoms with Gasteiger partial charge in [0.1, 0.15) is 5.82 Å². The maximum atomic E-state index is 14.0. The topological polar surface area (TPSA) is 32.3 Å². The van der Waals surface area contributed by atoms with E-state index in [1.54, 1.807) is 6.07 Å². The van der Waals surface area contributed by atoms with Crippen molar-refractivity contribution < 1.29 is 9.18 Å². The molecule has 18 heavy (non-hydrogen) atoms. The number of hydrogen-bond donors (Lipinski definition) is 1. The number of fused-ring (bicyclic) bond motifs is 3. The van der Waals surface area contributed by atoms with Crippen molar-refractivity contribution in [3.8, 4) is 0 Å². The number of carbonyl (C=O) groups is 1. The summed E-state index contributed by atoms with van der Waals surface area (Å²) in [6.07, 6.45) is 0. The molecule has 1 aromatic carbocycles. The Labute approximate surface area is 106 Å². The van der Waals surface area contributed by atoms with Crippen LogP contribution in [0.4, 0.5) is 4.39 Å². The molecule has 0 aromatic heterocycles. The third kappa shape index (κ3) is 1.63. The molecule has 0 spiro atoms. The van der Waals surface area contributed by atoms with Crippen LogP contribution in [0.5, 0.6) is 0 Å². The molecule has 0 unspecified atom stereocenters. The predicted octanol–water partition coefficient (Wildman–Crippen LogP) is 1.66. The van der Waals surface area contributed by atoms with E-state index in [-0.39, 0.29) is 23.7 Å². The average Bonchev–Trinajstić information content (AvgIpc) is 2.77. The van der Waals surface area contributed by atoms with Gasteiger partial charge in [-0.2, -0.15) is 0 Å². The van der Waals surface area contributed by atoms with E-state index in [0.29, 0.717) is 5.92 Å². The summed E-state index contributed by atoms with van der Waals surface area (Å²) in [5.74, 6) is 0.324. The fraction of sp³-hybridized carbons (Fsp3) is 0.500. The lowest BCUT2D eigenvalue weighted by Gasteiger charge is -2.20.